The molecule has 1 saturated heterocycles. The van der Waals surface area contributed by atoms with Crippen molar-refractivity contribution in [3.05, 3.63) is 0 Å². The van der Waals surface area contributed by atoms with Crippen molar-refractivity contribution in [2.45, 2.75) is 58.9 Å². The summed E-state index contributed by atoms with van der Waals surface area (Å²) < 4.78 is 5.33. The van der Waals surface area contributed by atoms with E-state index in [1.165, 1.54) is 6.42 Å². The predicted octanol–water partition coefficient (Wildman–Crippen LogP) is 2.40. The van der Waals surface area contributed by atoms with Crippen LogP contribution in [0, 0.1) is 11.3 Å². The molecule has 1 aliphatic heterocycles. The Bertz CT molecular complexity index is 339. The van der Waals surface area contributed by atoms with E-state index in [0.29, 0.717) is 37.0 Å². The van der Waals surface area contributed by atoms with Crippen LogP contribution in [0.1, 0.15) is 52.9 Å². The summed E-state index contributed by atoms with van der Waals surface area (Å²) in [5.74, 6) is 0.682. The second-order valence-corrected chi connectivity index (χ2v) is 6.70. The van der Waals surface area contributed by atoms with Crippen molar-refractivity contribution < 1.29 is 9.53 Å². The summed E-state index contributed by atoms with van der Waals surface area (Å²) in [5.41, 5.74) is 5.13. The lowest BCUT2D eigenvalue weighted by atomic mass is 9.79. The average molecular weight is 300 g/mol. The van der Waals surface area contributed by atoms with Crippen LogP contribution in [0.5, 0.6) is 0 Å². The summed E-state index contributed by atoms with van der Waals surface area (Å²) in [6, 6.07) is 0.162. The highest BCUT2D eigenvalue weighted by molar-refractivity contribution is 7.80. The molecule has 1 heterocycles. The molecule has 1 atom stereocenters. The number of hydrogen-bond acceptors (Lipinski definition) is 3. The zero-order valence-electron chi connectivity index (χ0n) is 12.9. The molecule has 0 aliphatic carbocycles. The van der Waals surface area contributed by atoms with Crippen molar-refractivity contribution in [2.24, 2.45) is 17.1 Å². The normalized spacial score (nSPS) is 19.6. The Labute approximate surface area is 127 Å². The summed E-state index contributed by atoms with van der Waals surface area (Å²) in [7, 11) is 0. The maximum Gasteiger partial charge on any atom is 0.233 e. The molecule has 3 N–H and O–H groups in total. The van der Waals surface area contributed by atoms with Gasteiger partial charge in [0.25, 0.3) is 0 Å². The molecule has 20 heavy (non-hydrogen) atoms. The predicted molar refractivity (Wildman–Crippen MR) is 85.6 cm³/mol. The van der Waals surface area contributed by atoms with Crippen LogP contribution < -0.4 is 11.1 Å². The van der Waals surface area contributed by atoms with Crippen molar-refractivity contribution in [1.29, 1.82) is 0 Å². The Morgan fingerprint density at radius 3 is 2.40 bits per heavy atom. The number of carbonyl (C=O) groups excluding carboxylic acids is 1. The second-order valence-electron chi connectivity index (χ2n) is 6.26. The molecule has 0 bridgehead atoms. The molecule has 0 aromatic heterocycles. The van der Waals surface area contributed by atoms with Crippen LogP contribution in [0.25, 0.3) is 0 Å². The molecule has 0 radical (unpaired) electrons. The van der Waals surface area contributed by atoms with E-state index < -0.39 is 5.41 Å². The third kappa shape index (κ3) is 4.70. The molecule has 1 rings (SSSR count). The van der Waals surface area contributed by atoms with Crippen molar-refractivity contribution in [2.75, 3.05) is 13.2 Å². The SMILES string of the molecule is CC(C)CCCC(C)NC(=O)C1(C(N)=S)CCOCC1. The third-order valence-electron chi connectivity index (χ3n) is 4.05. The fourth-order valence-corrected chi connectivity index (χ4v) is 2.87. The van der Waals surface area contributed by atoms with Gasteiger partial charge in [0, 0.05) is 19.3 Å². The number of carbonyl (C=O) groups is 1. The Kier molecular flexibility index (Phi) is 6.89. The standard InChI is InChI=1S/C15H28N2O2S/c1-11(2)5-4-6-12(3)17-14(18)15(13(16)20)7-9-19-10-8-15/h11-12H,4-10H2,1-3H3,(H2,16,20)(H,17,18). The van der Waals surface area contributed by atoms with E-state index in [0.717, 1.165) is 12.8 Å². The van der Waals surface area contributed by atoms with E-state index in [2.05, 4.69) is 19.2 Å². The minimum absolute atomic E-state index is 0.0228. The summed E-state index contributed by atoms with van der Waals surface area (Å²) in [4.78, 5) is 12.8. The smallest absolute Gasteiger partial charge is 0.233 e. The topological polar surface area (TPSA) is 64.4 Å². The number of rotatable bonds is 7. The quantitative estimate of drug-likeness (QED) is 0.709. The lowest BCUT2D eigenvalue weighted by molar-refractivity contribution is -0.132. The van der Waals surface area contributed by atoms with Crippen molar-refractivity contribution in [3.63, 3.8) is 0 Å². The van der Waals surface area contributed by atoms with Gasteiger partial charge in [-0.2, -0.15) is 0 Å². The first kappa shape index (κ1) is 17.4. The zero-order chi connectivity index (χ0) is 15.2. The molecule has 0 saturated carbocycles. The Hall–Kier alpha value is -0.680. The summed E-state index contributed by atoms with van der Waals surface area (Å²) in [6.45, 7) is 7.57. The Morgan fingerprint density at radius 2 is 1.90 bits per heavy atom. The van der Waals surface area contributed by atoms with Crippen molar-refractivity contribution in [1.82, 2.24) is 5.32 Å². The average Bonchev–Trinajstić information content (AvgIpc) is 2.38. The summed E-state index contributed by atoms with van der Waals surface area (Å²) in [6.07, 6.45) is 4.49. The molecule has 0 spiro atoms. The number of amides is 1. The van der Waals surface area contributed by atoms with Crippen molar-refractivity contribution in [3.8, 4) is 0 Å². The first-order chi connectivity index (χ1) is 9.38. The summed E-state index contributed by atoms with van der Waals surface area (Å²) in [5, 5.41) is 3.08. The molecule has 1 fully saturated rings. The van der Waals surface area contributed by atoms with Crippen molar-refractivity contribution >= 4 is 23.1 Å². The van der Waals surface area contributed by atoms with Crippen LogP contribution in [-0.4, -0.2) is 30.2 Å². The van der Waals surface area contributed by atoms with Gasteiger partial charge in [-0.25, -0.2) is 0 Å². The van der Waals surface area contributed by atoms with Gasteiger partial charge < -0.3 is 15.8 Å². The van der Waals surface area contributed by atoms with Gasteiger partial charge in [-0.05, 0) is 32.1 Å². The molecule has 1 amide bonds. The van der Waals surface area contributed by atoms with Gasteiger partial charge in [0.15, 0.2) is 0 Å². The third-order valence-corrected chi connectivity index (χ3v) is 4.44. The van der Waals surface area contributed by atoms with Gasteiger partial charge in [-0.15, -0.1) is 0 Å². The zero-order valence-corrected chi connectivity index (χ0v) is 13.7. The van der Waals surface area contributed by atoms with Gasteiger partial charge in [0.1, 0.15) is 5.41 Å². The van der Waals surface area contributed by atoms with Gasteiger partial charge in [0.05, 0.1) is 4.99 Å². The second kappa shape index (κ2) is 7.93. The number of hydrogen-bond donors (Lipinski definition) is 2. The largest absolute Gasteiger partial charge is 0.392 e. The van der Waals surface area contributed by atoms with Crippen LogP contribution in [0.4, 0.5) is 0 Å². The fraction of sp³-hybridized carbons (Fsp3) is 0.867. The Morgan fingerprint density at radius 1 is 1.30 bits per heavy atom. The van der Waals surface area contributed by atoms with Crippen LogP contribution in [0.3, 0.4) is 0 Å². The van der Waals surface area contributed by atoms with E-state index in [4.69, 9.17) is 22.7 Å². The number of nitrogens with one attached hydrogen (secondary N) is 1. The Balaban J connectivity index is 2.52. The highest BCUT2D eigenvalue weighted by atomic mass is 32.1. The molecular weight excluding hydrogens is 272 g/mol. The lowest BCUT2D eigenvalue weighted by Crippen LogP contribution is -2.53. The monoisotopic (exact) mass is 300 g/mol. The van der Waals surface area contributed by atoms with E-state index in [1.807, 2.05) is 6.92 Å². The fourth-order valence-electron chi connectivity index (χ4n) is 2.57. The van der Waals surface area contributed by atoms with Gasteiger partial charge in [-0.1, -0.05) is 38.9 Å². The number of nitrogens with two attached hydrogens (primary N) is 1. The van der Waals surface area contributed by atoms with Crippen LogP contribution >= 0.6 is 12.2 Å². The van der Waals surface area contributed by atoms with Crippen LogP contribution in [-0.2, 0) is 9.53 Å². The first-order valence-electron chi connectivity index (χ1n) is 7.57. The molecule has 116 valence electrons. The number of ether oxygens (including phenoxy) is 1. The lowest BCUT2D eigenvalue weighted by Gasteiger charge is -2.35. The van der Waals surface area contributed by atoms with E-state index >= 15 is 0 Å². The summed E-state index contributed by atoms with van der Waals surface area (Å²) >= 11 is 5.14. The minimum atomic E-state index is -0.708. The number of thiocarbonyl (C=S) groups is 1. The first-order valence-corrected chi connectivity index (χ1v) is 7.98. The van der Waals surface area contributed by atoms with E-state index in [9.17, 15) is 4.79 Å². The molecule has 4 nitrogen and oxygen atoms in total. The van der Waals surface area contributed by atoms with Crippen LogP contribution in [0.2, 0.25) is 0 Å². The molecule has 1 unspecified atom stereocenters. The molecule has 5 heteroatoms. The maximum atomic E-state index is 12.5. The van der Waals surface area contributed by atoms with E-state index in [1.54, 1.807) is 0 Å². The van der Waals surface area contributed by atoms with Gasteiger partial charge in [-0.3, -0.25) is 4.79 Å². The molecule has 0 aromatic rings. The van der Waals surface area contributed by atoms with Crippen LogP contribution in [0.15, 0.2) is 0 Å². The van der Waals surface area contributed by atoms with E-state index in [-0.39, 0.29) is 11.9 Å². The molecule has 1 aliphatic rings. The highest BCUT2D eigenvalue weighted by Crippen LogP contribution is 2.31. The highest BCUT2D eigenvalue weighted by Gasteiger charge is 2.43. The minimum Gasteiger partial charge on any atom is -0.392 e. The molecule has 0 aromatic carbocycles. The maximum absolute atomic E-state index is 12.5. The van der Waals surface area contributed by atoms with Gasteiger partial charge in [0.2, 0.25) is 5.91 Å². The van der Waals surface area contributed by atoms with Gasteiger partial charge >= 0.3 is 0 Å². The molecular formula is C15H28N2O2S.